The van der Waals surface area contributed by atoms with Gasteiger partial charge >= 0.3 is 12.1 Å². The van der Waals surface area contributed by atoms with Crippen molar-refractivity contribution in [2.24, 2.45) is 13.0 Å². The highest BCUT2D eigenvalue weighted by molar-refractivity contribution is 5.96. The maximum Gasteiger partial charge on any atom is 0.416 e. The maximum absolute atomic E-state index is 12.7. The fraction of sp³-hybridized carbons (Fsp3) is 0.400. The molecule has 1 aliphatic heterocycles. The third kappa shape index (κ3) is 5.04. The normalized spacial score (nSPS) is 14.9. The predicted molar refractivity (Wildman–Crippen MR) is 103 cm³/mol. The lowest BCUT2D eigenvalue weighted by molar-refractivity contribution is -0.137. The van der Waals surface area contributed by atoms with Gasteiger partial charge in [-0.1, -0.05) is 0 Å². The Kier molecular flexibility index (Phi) is 6.32. The number of ether oxygens (including phenoxy) is 1. The van der Waals surface area contributed by atoms with Crippen molar-refractivity contribution in [1.82, 2.24) is 14.7 Å². The second-order valence-corrected chi connectivity index (χ2v) is 7.16. The Hall–Kier alpha value is -3.37. The van der Waals surface area contributed by atoms with Crippen LogP contribution in [0.4, 0.5) is 19.0 Å². The zero-order chi connectivity index (χ0) is 22.8. The number of aryl methyl sites for hydroxylation is 1. The van der Waals surface area contributed by atoms with E-state index in [1.54, 1.807) is 7.05 Å². The van der Waals surface area contributed by atoms with Crippen molar-refractivity contribution in [2.75, 3.05) is 25.5 Å². The molecule has 0 radical (unpaired) electrons. The van der Waals surface area contributed by atoms with Crippen molar-refractivity contribution in [2.45, 2.75) is 19.0 Å². The number of rotatable bonds is 4. The molecule has 1 aliphatic rings. The van der Waals surface area contributed by atoms with E-state index in [4.69, 9.17) is 0 Å². The Morgan fingerprint density at radius 3 is 2.29 bits per heavy atom. The Bertz CT molecular complexity index is 977. The summed E-state index contributed by atoms with van der Waals surface area (Å²) >= 11 is 0. The van der Waals surface area contributed by atoms with Gasteiger partial charge in [0, 0.05) is 37.7 Å². The fourth-order valence-corrected chi connectivity index (χ4v) is 3.38. The number of anilines is 1. The van der Waals surface area contributed by atoms with Gasteiger partial charge in [-0.15, -0.1) is 0 Å². The number of hydrogen-bond donors (Lipinski definition) is 1. The number of piperidine rings is 1. The molecule has 8 nitrogen and oxygen atoms in total. The number of esters is 1. The summed E-state index contributed by atoms with van der Waals surface area (Å²) in [5.74, 6) is -1.38. The SMILES string of the molecule is COC(=O)c1cc(NC(=O)C2CCN(C(=O)c3ccc(C(F)(F)F)cc3)CC2)nn1C. The summed E-state index contributed by atoms with van der Waals surface area (Å²) in [6, 6.07) is 5.48. The second-order valence-electron chi connectivity index (χ2n) is 7.16. The van der Waals surface area contributed by atoms with E-state index in [0.29, 0.717) is 25.9 Å². The largest absolute Gasteiger partial charge is 0.464 e. The minimum Gasteiger partial charge on any atom is -0.464 e. The first-order valence-electron chi connectivity index (χ1n) is 9.50. The molecular formula is C20H21F3N4O4. The van der Waals surface area contributed by atoms with E-state index in [-0.39, 0.29) is 34.8 Å². The third-order valence-electron chi connectivity index (χ3n) is 5.14. The van der Waals surface area contributed by atoms with Crippen LogP contribution in [0.5, 0.6) is 0 Å². The van der Waals surface area contributed by atoms with Gasteiger partial charge in [-0.25, -0.2) is 4.79 Å². The summed E-state index contributed by atoms with van der Waals surface area (Å²) in [6.45, 7) is 0.598. The fourth-order valence-electron chi connectivity index (χ4n) is 3.38. The summed E-state index contributed by atoms with van der Waals surface area (Å²) < 4.78 is 43.9. The van der Waals surface area contributed by atoms with Crippen LogP contribution in [-0.4, -0.2) is 52.7 Å². The molecule has 0 spiro atoms. The van der Waals surface area contributed by atoms with Crippen molar-refractivity contribution >= 4 is 23.6 Å². The monoisotopic (exact) mass is 438 g/mol. The molecule has 1 aromatic carbocycles. The Morgan fingerprint density at radius 1 is 1.13 bits per heavy atom. The number of alkyl halides is 3. The number of carbonyl (C=O) groups is 3. The summed E-state index contributed by atoms with van der Waals surface area (Å²) in [7, 11) is 2.79. The predicted octanol–water partition coefficient (Wildman–Crippen LogP) is 2.72. The summed E-state index contributed by atoms with van der Waals surface area (Å²) in [6.07, 6.45) is -3.66. The number of carbonyl (C=O) groups excluding carboxylic acids is 3. The van der Waals surface area contributed by atoms with Crippen LogP contribution in [-0.2, 0) is 22.8 Å². The zero-order valence-electron chi connectivity index (χ0n) is 16.9. The first-order valence-corrected chi connectivity index (χ1v) is 9.50. The zero-order valence-corrected chi connectivity index (χ0v) is 16.9. The molecule has 0 aliphatic carbocycles. The first-order chi connectivity index (χ1) is 14.6. The molecule has 1 N–H and O–H groups in total. The van der Waals surface area contributed by atoms with Crippen molar-refractivity contribution in [3.63, 3.8) is 0 Å². The quantitative estimate of drug-likeness (QED) is 0.741. The lowest BCUT2D eigenvalue weighted by atomic mass is 9.95. The van der Waals surface area contributed by atoms with Gasteiger partial charge in [0.05, 0.1) is 12.7 Å². The maximum atomic E-state index is 12.7. The highest BCUT2D eigenvalue weighted by Gasteiger charge is 2.31. The number of hydrogen-bond acceptors (Lipinski definition) is 5. The number of benzene rings is 1. The van der Waals surface area contributed by atoms with E-state index in [1.165, 1.54) is 22.8 Å². The van der Waals surface area contributed by atoms with Crippen LogP contribution >= 0.6 is 0 Å². The minimum atomic E-state index is -4.46. The van der Waals surface area contributed by atoms with Crippen molar-refractivity contribution < 1.29 is 32.3 Å². The molecule has 0 bridgehead atoms. The van der Waals surface area contributed by atoms with Crippen LogP contribution in [0.2, 0.25) is 0 Å². The van der Waals surface area contributed by atoms with Crippen molar-refractivity contribution in [3.8, 4) is 0 Å². The highest BCUT2D eigenvalue weighted by Crippen LogP contribution is 2.29. The number of likely N-dealkylation sites (tertiary alicyclic amines) is 1. The van der Waals surface area contributed by atoms with E-state index >= 15 is 0 Å². The molecule has 166 valence electrons. The molecule has 1 aromatic heterocycles. The van der Waals surface area contributed by atoms with Crippen molar-refractivity contribution in [3.05, 3.63) is 47.2 Å². The number of aromatic nitrogens is 2. The van der Waals surface area contributed by atoms with E-state index in [1.807, 2.05) is 0 Å². The standard InChI is InChI=1S/C20H21F3N4O4/c1-26-15(19(30)31-2)11-16(25-26)24-17(28)12-7-9-27(10-8-12)18(29)13-3-5-14(6-4-13)20(21,22)23/h3-6,11-12H,7-10H2,1-2H3,(H,24,25,28). The molecule has 0 unspecified atom stereocenters. The van der Waals surface area contributed by atoms with Gasteiger partial charge in [0.1, 0.15) is 5.69 Å². The lowest BCUT2D eigenvalue weighted by Gasteiger charge is -2.31. The number of nitrogens with one attached hydrogen (secondary N) is 1. The number of methoxy groups -OCH3 is 1. The average Bonchev–Trinajstić information content (AvgIpc) is 3.12. The van der Waals surface area contributed by atoms with Crippen LogP contribution < -0.4 is 5.32 Å². The first kappa shape index (κ1) is 22.3. The van der Waals surface area contributed by atoms with E-state index < -0.39 is 17.7 Å². The van der Waals surface area contributed by atoms with E-state index in [0.717, 1.165) is 24.3 Å². The number of halogens is 3. The number of amides is 2. The van der Waals surface area contributed by atoms with Gasteiger partial charge in [-0.3, -0.25) is 14.3 Å². The molecule has 2 heterocycles. The summed E-state index contributed by atoms with van der Waals surface area (Å²) in [5.41, 5.74) is -0.459. The third-order valence-corrected chi connectivity index (χ3v) is 5.14. The average molecular weight is 438 g/mol. The van der Waals surface area contributed by atoms with Crippen LogP contribution in [0.3, 0.4) is 0 Å². The smallest absolute Gasteiger partial charge is 0.416 e. The molecule has 2 aromatic rings. The van der Waals surface area contributed by atoms with Gasteiger partial charge in [0.25, 0.3) is 5.91 Å². The molecular weight excluding hydrogens is 417 g/mol. The molecule has 1 saturated heterocycles. The molecule has 11 heteroatoms. The Labute approximate surface area is 176 Å². The van der Waals surface area contributed by atoms with Gasteiger partial charge < -0.3 is 15.0 Å². The minimum absolute atomic E-state index is 0.166. The molecule has 0 atom stereocenters. The van der Waals surface area contributed by atoms with E-state index in [9.17, 15) is 27.6 Å². The van der Waals surface area contributed by atoms with Crippen LogP contribution in [0.25, 0.3) is 0 Å². The van der Waals surface area contributed by atoms with Gasteiger partial charge in [-0.2, -0.15) is 18.3 Å². The Balaban J connectivity index is 1.56. The topological polar surface area (TPSA) is 93.5 Å². The molecule has 1 fully saturated rings. The Morgan fingerprint density at radius 2 is 1.74 bits per heavy atom. The van der Waals surface area contributed by atoms with Crippen molar-refractivity contribution in [1.29, 1.82) is 0 Å². The van der Waals surface area contributed by atoms with Gasteiger partial charge in [-0.05, 0) is 37.1 Å². The second kappa shape index (κ2) is 8.78. The van der Waals surface area contributed by atoms with Crippen LogP contribution in [0.15, 0.2) is 30.3 Å². The number of nitrogens with zero attached hydrogens (tertiary/aromatic N) is 3. The molecule has 3 rings (SSSR count). The highest BCUT2D eigenvalue weighted by atomic mass is 19.4. The van der Waals surface area contributed by atoms with E-state index in [2.05, 4.69) is 15.2 Å². The summed E-state index contributed by atoms with van der Waals surface area (Å²) in [5, 5.41) is 6.72. The summed E-state index contributed by atoms with van der Waals surface area (Å²) in [4.78, 5) is 38.2. The molecule has 2 amide bonds. The molecule has 31 heavy (non-hydrogen) atoms. The van der Waals surface area contributed by atoms with Crippen LogP contribution in [0.1, 0.15) is 39.3 Å². The molecule has 0 saturated carbocycles. The van der Waals surface area contributed by atoms with Gasteiger partial charge in [0.2, 0.25) is 5.91 Å². The van der Waals surface area contributed by atoms with Crippen LogP contribution in [0, 0.1) is 5.92 Å². The lowest BCUT2D eigenvalue weighted by Crippen LogP contribution is -2.41. The van der Waals surface area contributed by atoms with Gasteiger partial charge in [0.15, 0.2) is 5.82 Å².